The van der Waals surface area contributed by atoms with Crippen molar-refractivity contribution in [3.8, 4) is 11.1 Å². The van der Waals surface area contributed by atoms with E-state index in [0.29, 0.717) is 5.92 Å². The van der Waals surface area contributed by atoms with Gasteiger partial charge in [0.05, 0.1) is 11.4 Å². The number of para-hydroxylation sites is 2. The summed E-state index contributed by atoms with van der Waals surface area (Å²) in [4.78, 5) is 5.27. The van der Waals surface area contributed by atoms with Gasteiger partial charge in [-0.3, -0.25) is 0 Å². The van der Waals surface area contributed by atoms with Crippen molar-refractivity contribution < 1.29 is 4.42 Å². The van der Waals surface area contributed by atoms with E-state index in [-0.39, 0.29) is 23.0 Å². The third kappa shape index (κ3) is 5.08. The Kier molecular flexibility index (Phi) is 7.57. The molecule has 9 aromatic rings. The highest BCUT2D eigenvalue weighted by atomic mass is 32.1. The average Bonchev–Trinajstić information content (AvgIpc) is 4.13. The van der Waals surface area contributed by atoms with Crippen molar-refractivity contribution in [1.82, 2.24) is 0 Å². The maximum absolute atomic E-state index is 6.94. The van der Waals surface area contributed by atoms with Gasteiger partial charge in [0.25, 0.3) is 6.71 Å². The summed E-state index contributed by atoms with van der Waals surface area (Å²) in [6.07, 6.45) is 5.34. The molecular formula is C60H53BN2OS. The Morgan fingerprint density at radius 1 is 0.631 bits per heavy atom. The molecule has 2 bridgehead atoms. The van der Waals surface area contributed by atoms with Crippen molar-refractivity contribution in [2.75, 3.05) is 9.80 Å². The first kappa shape index (κ1) is 38.3. The van der Waals surface area contributed by atoms with Crippen LogP contribution in [0.2, 0.25) is 0 Å². The summed E-state index contributed by atoms with van der Waals surface area (Å²) in [6.45, 7) is 16.4. The number of nitrogens with zero attached hydrogens (tertiary/aromatic N) is 2. The van der Waals surface area contributed by atoms with Crippen LogP contribution in [0, 0.1) is 18.8 Å². The lowest BCUT2D eigenvalue weighted by atomic mass is 9.36. The molecule has 3 nitrogen and oxygen atoms in total. The molecular weight excluding hydrogens is 808 g/mol. The van der Waals surface area contributed by atoms with E-state index < -0.39 is 0 Å². The number of hydrogen-bond acceptors (Lipinski definition) is 4. The molecule has 3 unspecified atom stereocenters. The van der Waals surface area contributed by atoms with E-state index in [1.807, 2.05) is 11.3 Å². The van der Waals surface area contributed by atoms with Gasteiger partial charge in [-0.05, 0) is 153 Å². The zero-order chi connectivity index (χ0) is 43.9. The van der Waals surface area contributed by atoms with Gasteiger partial charge in [-0.2, -0.15) is 0 Å². The lowest BCUT2D eigenvalue weighted by Crippen LogP contribution is -2.60. The van der Waals surface area contributed by atoms with E-state index in [9.17, 15) is 0 Å². The third-order valence-electron chi connectivity index (χ3n) is 16.5. The average molecular weight is 861 g/mol. The van der Waals surface area contributed by atoms with Gasteiger partial charge >= 0.3 is 0 Å². The van der Waals surface area contributed by atoms with Gasteiger partial charge in [0, 0.05) is 53.8 Å². The second-order valence-electron chi connectivity index (χ2n) is 22.2. The Labute approximate surface area is 386 Å². The van der Waals surface area contributed by atoms with Crippen LogP contribution in [0.15, 0.2) is 138 Å². The predicted molar refractivity (Wildman–Crippen MR) is 277 cm³/mol. The van der Waals surface area contributed by atoms with Crippen LogP contribution in [-0.2, 0) is 16.2 Å². The zero-order valence-electron chi connectivity index (χ0n) is 38.5. The lowest BCUT2D eigenvalue weighted by molar-refractivity contribution is 0.327. The Morgan fingerprint density at radius 3 is 2.17 bits per heavy atom. The quantitative estimate of drug-likeness (QED) is 0.161. The standard InChI is InChI=1S/C60H53BN2OS/c1-34-27-50-54-51(28-34)63(48-17-12-15-43-42-14-9-11-18-52(42)64-56(43)48)55-44-30-36(58(2,3)4)22-26-53(44)65-57(55)61(54)47-25-21-37(59(5,6)7)31-49(47)62(50)39-23-24-41-40-13-8-10-16-45(40)60(46(41)32-39)33-35-19-20-38(60)29-35/h8-18,21-28,30-32,35,38H,19-20,29,33H2,1-7H3. The normalized spacial score (nSPS) is 20.3. The Hall–Kier alpha value is -6.04. The molecule has 1 spiro atoms. The fourth-order valence-electron chi connectivity index (χ4n) is 13.5. The van der Waals surface area contributed by atoms with Crippen LogP contribution in [0.5, 0.6) is 0 Å². The maximum Gasteiger partial charge on any atom is 0.264 e. The van der Waals surface area contributed by atoms with Crippen molar-refractivity contribution in [3.05, 3.63) is 161 Å². The van der Waals surface area contributed by atoms with Crippen molar-refractivity contribution in [1.29, 1.82) is 0 Å². The Bertz CT molecular complexity index is 3540. The van der Waals surface area contributed by atoms with Crippen LogP contribution in [0.3, 0.4) is 0 Å². The van der Waals surface area contributed by atoms with Crippen LogP contribution in [0.4, 0.5) is 34.1 Å². The SMILES string of the molecule is Cc1cc2c3c(c1)N(c1cccc4c1oc1ccccc14)c1c(sc4ccc(C(C)(C)C)cc14)B3c1ccc(C(C)(C)C)cc1N2c1ccc2c(c1)C1(CC3CCC1C3)c1ccccc1-2. The minimum Gasteiger partial charge on any atom is -0.454 e. The number of aryl methyl sites for hydroxylation is 1. The first-order valence-corrected chi connectivity index (χ1v) is 24.8. The van der Waals surface area contributed by atoms with E-state index in [1.165, 1.54) is 108 Å². The second-order valence-corrected chi connectivity index (χ2v) is 23.3. The number of fused-ring (bicyclic) bond motifs is 17. The number of anilines is 6. The topological polar surface area (TPSA) is 19.6 Å². The summed E-state index contributed by atoms with van der Waals surface area (Å²) in [5.41, 5.74) is 22.1. The van der Waals surface area contributed by atoms with Gasteiger partial charge in [-0.15, -0.1) is 11.3 Å². The molecule has 0 radical (unpaired) electrons. The van der Waals surface area contributed by atoms with Gasteiger partial charge in [-0.1, -0.05) is 127 Å². The summed E-state index contributed by atoms with van der Waals surface area (Å²) in [5, 5.41) is 3.61. The summed E-state index contributed by atoms with van der Waals surface area (Å²) < 4.78 is 9.66. The highest BCUT2D eigenvalue weighted by Crippen LogP contribution is 2.66. The molecule has 3 aliphatic carbocycles. The summed E-state index contributed by atoms with van der Waals surface area (Å²) in [6, 6.07) is 51.9. The number of thiophene rings is 1. The molecule has 0 N–H and O–H groups in total. The van der Waals surface area contributed by atoms with Gasteiger partial charge in [0.1, 0.15) is 5.58 Å². The molecule has 2 aliphatic heterocycles. The number of rotatable bonds is 2. The summed E-state index contributed by atoms with van der Waals surface area (Å²) >= 11 is 1.98. The van der Waals surface area contributed by atoms with Crippen LogP contribution >= 0.6 is 11.3 Å². The molecule has 2 aromatic heterocycles. The highest BCUT2D eigenvalue weighted by molar-refractivity contribution is 7.33. The predicted octanol–water partition coefficient (Wildman–Crippen LogP) is 14.9. The third-order valence-corrected chi connectivity index (χ3v) is 17.7. The molecule has 65 heavy (non-hydrogen) atoms. The van der Waals surface area contributed by atoms with Crippen molar-refractivity contribution in [3.63, 3.8) is 0 Å². The minimum atomic E-state index is -0.0216. The number of furan rings is 1. The molecule has 2 saturated carbocycles. The lowest BCUT2D eigenvalue weighted by Gasteiger charge is -2.44. The molecule has 3 atom stereocenters. The second kappa shape index (κ2) is 12.9. The molecule has 4 heterocycles. The van der Waals surface area contributed by atoms with E-state index >= 15 is 0 Å². The van der Waals surface area contributed by atoms with Gasteiger partial charge < -0.3 is 14.2 Å². The molecule has 318 valence electrons. The molecule has 0 amide bonds. The molecule has 7 aromatic carbocycles. The fraction of sp³-hybridized carbons (Fsp3) is 0.267. The van der Waals surface area contributed by atoms with Crippen LogP contribution < -0.4 is 25.5 Å². The molecule has 5 heteroatoms. The van der Waals surface area contributed by atoms with E-state index in [2.05, 4.69) is 192 Å². The Balaban J connectivity index is 1.08. The van der Waals surface area contributed by atoms with Crippen molar-refractivity contribution in [2.45, 2.75) is 90.4 Å². The van der Waals surface area contributed by atoms with Crippen LogP contribution in [0.1, 0.15) is 95.0 Å². The molecule has 0 saturated heterocycles. The number of hydrogen-bond donors (Lipinski definition) is 0. The molecule has 5 aliphatic rings. The van der Waals surface area contributed by atoms with E-state index in [0.717, 1.165) is 33.5 Å². The first-order chi connectivity index (χ1) is 31.4. The largest absolute Gasteiger partial charge is 0.454 e. The van der Waals surface area contributed by atoms with Gasteiger partial charge in [0.15, 0.2) is 5.58 Å². The van der Waals surface area contributed by atoms with Crippen LogP contribution in [-0.4, -0.2) is 6.71 Å². The zero-order valence-corrected chi connectivity index (χ0v) is 39.3. The van der Waals surface area contributed by atoms with Crippen molar-refractivity contribution >= 4 is 99.9 Å². The highest BCUT2D eigenvalue weighted by Gasteiger charge is 2.57. The molecule has 2 fully saturated rings. The van der Waals surface area contributed by atoms with Crippen LogP contribution in [0.25, 0.3) is 43.2 Å². The maximum atomic E-state index is 6.94. The fourth-order valence-corrected chi connectivity index (χ4v) is 14.8. The summed E-state index contributed by atoms with van der Waals surface area (Å²) in [7, 11) is 0. The van der Waals surface area contributed by atoms with Crippen molar-refractivity contribution in [2.24, 2.45) is 11.8 Å². The Morgan fingerprint density at radius 2 is 1.37 bits per heavy atom. The van der Waals surface area contributed by atoms with Gasteiger partial charge in [-0.25, -0.2) is 0 Å². The monoisotopic (exact) mass is 860 g/mol. The smallest absolute Gasteiger partial charge is 0.264 e. The number of benzene rings is 7. The van der Waals surface area contributed by atoms with Gasteiger partial charge in [0.2, 0.25) is 0 Å². The minimum absolute atomic E-state index is 0.00191. The molecule has 14 rings (SSSR count). The van der Waals surface area contributed by atoms with E-state index in [4.69, 9.17) is 4.42 Å². The summed E-state index contributed by atoms with van der Waals surface area (Å²) in [5.74, 6) is 1.51. The van der Waals surface area contributed by atoms with E-state index in [1.54, 1.807) is 11.1 Å². The first-order valence-electron chi connectivity index (χ1n) is 24.0.